The number of carboxylic acids is 1. The third-order valence-corrected chi connectivity index (χ3v) is 6.76. The van der Waals surface area contributed by atoms with E-state index < -0.39 is 29.1 Å². The molecule has 0 saturated carbocycles. The van der Waals surface area contributed by atoms with Gasteiger partial charge in [0.05, 0.1) is 19.4 Å². The first kappa shape index (κ1) is 29.9. The molecule has 2 N–H and O–H groups in total. The number of anilines is 1. The number of hydrogen-bond donors (Lipinski definition) is 2. The van der Waals surface area contributed by atoms with Crippen molar-refractivity contribution in [2.75, 3.05) is 25.6 Å². The van der Waals surface area contributed by atoms with E-state index in [1.165, 1.54) is 19.8 Å². The number of nitrogens with one attached hydrogen (secondary N) is 1. The van der Waals surface area contributed by atoms with E-state index in [1.807, 2.05) is 18.2 Å². The predicted molar refractivity (Wildman–Crippen MR) is 148 cm³/mol. The predicted octanol–water partition coefficient (Wildman–Crippen LogP) is 6.98. The molecule has 0 unspecified atom stereocenters. The third-order valence-electron chi connectivity index (χ3n) is 6.00. The van der Waals surface area contributed by atoms with Gasteiger partial charge in [-0.25, -0.2) is 18.6 Å². The van der Waals surface area contributed by atoms with Gasteiger partial charge in [-0.05, 0) is 49.6 Å². The molecule has 0 fully saturated rings. The fraction of sp³-hybridized carbons (Fsp3) is 0.345. The van der Waals surface area contributed by atoms with E-state index in [1.54, 1.807) is 12.5 Å². The molecule has 1 heterocycles. The van der Waals surface area contributed by atoms with Crippen LogP contribution in [-0.2, 0) is 16.0 Å². The van der Waals surface area contributed by atoms with E-state index in [-0.39, 0.29) is 16.3 Å². The molecule has 1 aromatic heterocycles. The summed E-state index contributed by atoms with van der Waals surface area (Å²) in [4.78, 5) is 28.1. The monoisotopic (exact) mass is 558 g/mol. The van der Waals surface area contributed by atoms with Crippen molar-refractivity contribution in [2.45, 2.75) is 46.0 Å². The number of thiazole rings is 1. The minimum Gasteiger partial charge on any atom is -0.496 e. The van der Waals surface area contributed by atoms with Crippen LogP contribution < -0.4 is 10.1 Å². The Kier molecular flexibility index (Phi) is 11.1. The molecule has 3 aromatic rings. The fourth-order valence-electron chi connectivity index (χ4n) is 3.90. The number of aliphatic carboxylic acids is 1. The van der Waals surface area contributed by atoms with Crippen LogP contribution in [0.2, 0.25) is 0 Å². The summed E-state index contributed by atoms with van der Waals surface area (Å²) in [7, 11) is 1.59. The summed E-state index contributed by atoms with van der Waals surface area (Å²) in [5, 5.41) is 13.5. The van der Waals surface area contributed by atoms with Crippen LogP contribution in [-0.4, -0.2) is 42.3 Å². The van der Waals surface area contributed by atoms with Gasteiger partial charge in [0.2, 0.25) is 0 Å². The number of carbonyl (C=O) groups is 2. The number of amides is 1. The average molecular weight is 559 g/mol. The minimum atomic E-state index is -1.30. The van der Waals surface area contributed by atoms with Gasteiger partial charge in [0, 0.05) is 34.3 Å². The van der Waals surface area contributed by atoms with Crippen molar-refractivity contribution in [3.05, 3.63) is 69.6 Å². The molecule has 0 aliphatic carbocycles. The molecule has 39 heavy (non-hydrogen) atoms. The maximum Gasteiger partial charge on any atom is 0.331 e. The summed E-state index contributed by atoms with van der Waals surface area (Å²) in [6.45, 7) is 4.69. The van der Waals surface area contributed by atoms with Gasteiger partial charge in [-0.15, -0.1) is 11.3 Å². The van der Waals surface area contributed by atoms with Gasteiger partial charge in [-0.2, -0.15) is 0 Å². The summed E-state index contributed by atoms with van der Waals surface area (Å²) in [5.74, 6) is -3.49. The van der Waals surface area contributed by atoms with Crippen LogP contribution in [0.1, 0.15) is 61.0 Å². The Hall–Kier alpha value is -3.63. The Labute approximate surface area is 230 Å². The second kappa shape index (κ2) is 14.5. The third kappa shape index (κ3) is 8.18. The zero-order valence-corrected chi connectivity index (χ0v) is 23.0. The number of carbonyl (C=O) groups excluding carboxylic acids is 1. The number of ether oxygens (including phenoxy) is 2. The number of rotatable bonds is 14. The van der Waals surface area contributed by atoms with E-state index >= 15 is 0 Å². The van der Waals surface area contributed by atoms with Crippen LogP contribution in [0.4, 0.5) is 13.9 Å². The van der Waals surface area contributed by atoms with Crippen molar-refractivity contribution in [1.82, 2.24) is 4.98 Å². The summed E-state index contributed by atoms with van der Waals surface area (Å²) in [6, 6.07) is 7.45. The lowest BCUT2D eigenvalue weighted by molar-refractivity contribution is -0.132. The van der Waals surface area contributed by atoms with Crippen molar-refractivity contribution in [1.29, 1.82) is 0 Å². The Bertz CT molecular complexity index is 1320. The molecule has 0 saturated heterocycles. The van der Waals surface area contributed by atoms with Crippen LogP contribution in [0, 0.1) is 11.6 Å². The maximum atomic E-state index is 14.5. The van der Waals surface area contributed by atoms with E-state index in [2.05, 4.69) is 17.2 Å². The average Bonchev–Trinajstić information content (AvgIpc) is 3.37. The molecule has 0 aliphatic heterocycles. The van der Waals surface area contributed by atoms with E-state index in [0.29, 0.717) is 24.5 Å². The van der Waals surface area contributed by atoms with Crippen LogP contribution in [0.5, 0.6) is 5.75 Å². The lowest BCUT2D eigenvalue weighted by Crippen LogP contribution is -2.13. The number of para-hydroxylation sites is 1. The quantitative estimate of drug-likeness (QED) is 0.164. The largest absolute Gasteiger partial charge is 0.496 e. The van der Waals surface area contributed by atoms with Gasteiger partial charge >= 0.3 is 5.97 Å². The number of carboxylic acid groups (broad SMARTS) is 1. The Morgan fingerprint density at radius 2 is 1.87 bits per heavy atom. The normalized spacial score (nSPS) is 11.5. The van der Waals surface area contributed by atoms with Gasteiger partial charge in [-0.1, -0.05) is 38.3 Å². The molecular weight excluding hydrogens is 526 g/mol. The van der Waals surface area contributed by atoms with Crippen LogP contribution >= 0.6 is 11.3 Å². The molecule has 2 aromatic carbocycles. The number of aromatic nitrogens is 1. The van der Waals surface area contributed by atoms with Crippen molar-refractivity contribution >= 4 is 34.4 Å². The topological polar surface area (TPSA) is 97.8 Å². The summed E-state index contributed by atoms with van der Waals surface area (Å²) >= 11 is 1.16. The summed E-state index contributed by atoms with van der Waals surface area (Å²) in [6.07, 6.45) is 6.15. The standard InChI is InChI=1S/C29H32F2N2O5S/c1-4-5-6-7-12-38-13-11-19-9-8-10-21(26(19)37-3)25-17-39-29(32-25)33-27(34)20-15-23(30)22(24(31)16-20)14-18(2)28(35)36/h8-10,14-17H,4-7,11-13H2,1-3H3,(H,35,36)(H,32,33,34)/b18-14+. The first-order valence-corrected chi connectivity index (χ1v) is 13.5. The zero-order chi connectivity index (χ0) is 28.4. The Morgan fingerprint density at radius 1 is 1.13 bits per heavy atom. The number of methoxy groups -OCH3 is 1. The van der Waals surface area contributed by atoms with Crippen LogP contribution in [0.3, 0.4) is 0 Å². The van der Waals surface area contributed by atoms with Gasteiger partial charge in [0.25, 0.3) is 5.91 Å². The van der Waals surface area contributed by atoms with Crippen molar-refractivity contribution in [2.24, 2.45) is 0 Å². The SMILES string of the molecule is CCCCCCOCCc1cccc(-c2csc(NC(=O)c3cc(F)c(/C=C(\C)C(=O)O)c(F)c3)n2)c1OC. The molecule has 0 spiro atoms. The molecule has 208 valence electrons. The first-order valence-electron chi connectivity index (χ1n) is 12.7. The summed E-state index contributed by atoms with van der Waals surface area (Å²) < 4.78 is 40.4. The molecule has 0 bridgehead atoms. The number of benzene rings is 2. The highest BCUT2D eigenvalue weighted by atomic mass is 32.1. The lowest BCUT2D eigenvalue weighted by Gasteiger charge is -2.13. The van der Waals surface area contributed by atoms with Crippen LogP contribution in [0.25, 0.3) is 17.3 Å². The smallest absolute Gasteiger partial charge is 0.331 e. The Morgan fingerprint density at radius 3 is 2.54 bits per heavy atom. The second-order valence-corrected chi connectivity index (χ2v) is 9.76. The fourth-order valence-corrected chi connectivity index (χ4v) is 4.60. The zero-order valence-electron chi connectivity index (χ0n) is 22.2. The number of nitrogens with zero attached hydrogens (tertiary/aromatic N) is 1. The van der Waals surface area contributed by atoms with E-state index in [4.69, 9.17) is 14.6 Å². The van der Waals surface area contributed by atoms with Gasteiger partial charge in [0.15, 0.2) is 5.13 Å². The van der Waals surface area contributed by atoms with Gasteiger partial charge in [0.1, 0.15) is 17.4 Å². The maximum absolute atomic E-state index is 14.5. The highest BCUT2D eigenvalue weighted by molar-refractivity contribution is 7.14. The highest BCUT2D eigenvalue weighted by Crippen LogP contribution is 2.35. The molecule has 3 rings (SSSR count). The number of hydrogen-bond acceptors (Lipinski definition) is 6. The summed E-state index contributed by atoms with van der Waals surface area (Å²) in [5.41, 5.74) is 1.27. The van der Waals surface area contributed by atoms with Crippen molar-refractivity contribution in [3.63, 3.8) is 0 Å². The lowest BCUT2D eigenvalue weighted by atomic mass is 10.0. The molecule has 10 heteroatoms. The molecule has 1 amide bonds. The van der Waals surface area contributed by atoms with Gasteiger partial charge < -0.3 is 14.6 Å². The Balaban J connectivity index is 1.70. The molecular formula is C29H32F2N2O5S. The van der Waals surface area contributed by atoms with E-state index in [0.717, 1.165) is 60.1 Å². The van der Waals surface area contributed by atoms with E-state index in [9.17, 15) is 18.4 Å². The number of halogens is 2. The molecule has 0 aliphatic rings. The molecule has 7 nitrogen and oxygen atoms in total. The molecule has 0 atom stereocenters. The highest BCUT2D eigenvalue weighted by Gasteiger charge is 2.18. The van der Waals surface area contributed by atoms with Crippen molar-refractivity contribution < 1.29 is 33.0 Å². The number of unbranched alkanes of at least 4 members (excludes halogenated alkanes) is 3. The minimum absolute atomic E-state index is 0.240. The molecule has 0 radical (unpaired) electrons. The second-order valence-electron chi connectivity index (χ2n) is 8.90. The van der Waals surface area contributed by atoms with Crippen molar-refractivity contribution in [3.8, 4) is 17.0 Å². The van der Waals surface area contributed by atoms with Crippen LogP contribution in [0.15, 0.2) is 41.3 Å². The first-order chi connectivity index (χ1) is 18.7. The van der Waals surface area contributed by atoms with Gasteiger partial charge in [-0.3, -0.25) is 10.1 Å².